The van der Waals surface area contributed by atoms with Crippen LogP contribution in [0.1, 0.15) is 41.0 Å². The molecule has 1 amide bonds. The Kier molecular flexibility index (Phi) is 8.20. The van der Waals surface area contributed by atoms with Crippen molar-refractivity contribution in [2.24, 2.45) is 23.0 Å². The van der Waals surface area contributed by atoms with E-state index in [4.69, 9.17) is 10.5 Å². The molecule has 0 aromatic carbocycles. The molecular formula is C14H30N2O2. The molecule has 0 aliphatic heterocycles. The van der Waals surface area contributed by atoms with Gasteiger partial charge in [-0.2, -0.15) is 0 Å². The fourth-order valence-corrected chi connectivity index (χ4v) is 1.73. The smallest absolute Gasteiger partial charge is 0.224 e. The van der Waals surface area contributed by atoms with E-state index < -0.39 is 0 Å². The van der Waals surface area contributed by atoms with Gasteiger partial charge in [-0.25, -0.2) is 0 Å². The molecule has 0 bridgehead atoms. The van der Waals surface area contributed by atoms with E-state index in [1.165, 1.54) is 0 Å². The average molecular weight is 258 g/mol. The van der Waals surface area contributed by atoms with E-state index in [1.54, 1.807) is 0 Å². The first-order valence-electron chi connectivity index (χ1n) is 6.81. The fourth-order valence-electron chi connectivity index (χ4n) is 1.73. The number of ether oxygens (including phenoxy) is 1. The summed E-state index contributed by atoms with van der Waals surface area (Å²) in [4.78, 5) is 11.9. The van der Waals surface area contributed by atoms with Crippen LogP contribution < -0.4 is 11.1 Å². The third-order valence-corrected chi connectivity index (χ3v) is 2.51. The van der Waals surface area contributed by atoms with E-state index in [1.807, 2.05) is 0 Å². The summed E-state index contributed by atoms with van der Waals surface area (Å²) in [5.74, 6) is 0.467. The van der Waals surface area contributed by atoms with Crippen LogP contribution in [-0.2, 0) is 9.53 Å². The third-order valence-electron chi connectivity index (χ3n) is 2.51. The number of hydrogen-bond acceptors (Lipinski definition) is 3. The molecule has 0 aliphatic rings. The van der Waals surface area contributed by atoms with Crippen LogP contribution in [0, 0.1) is 17.3 Å². The zero-order chi connectivity index (χ0) is 14.2. The lowest BCUT2D eigenvalue weighted by molar-refractivity contribution is -0.125. The lowest BCUT2D eigenvalue weighted by Gasteiger charge is -2.24. The minimum atomic E-state index is -0.102. The zero-order valence-corrected chi connectivity index (χ0v) is 12.6. The zero-order valence-electron chi connectivity index (χ0n) is 12.6. The van der Waals surface area contributed by atoms with Gasteiger partial charge < -0.3 is 15.8 Å². The molecule has 0 aromatic heterocycles. The predicted molar refractivity (Wildman–Crippen MR) is 75.3 cm³/mol. The van der Waals surface area contributed by atoms with Crippen LogP contribution in [-0.4, -0.2) is 32.2 Å². The monoisotopic (exact) mass is 258 g/mol. The fraction of sp³-hybridized carbons (Fsp3) is 0.929. The van der Waals surface area contributed by atoms with E-state index in [0.29, 0.717) is 25.6 Å². The molecule has 3 N–H and O–H groups in total. The highest BCUT2D eigenvalue weighted by molar-refractivity contribution is 5.78. The lowest BCUT2D eigenvalue weighted by atomic mass is 9.84. The van der Waals surface area contributed by atoms with Crippen molar-refractivity contribution in [2.45, 2.75) is 41.0 Å². The molecule has 18 heavy (non-hydrogen) atoms. The maximum Gasteiger partial charge on any atom is 0.224 e. The number of rotatable bonds is 8. The van der Waals surface area contributed by atoms with Crippen molar-refractivity contribution in [3.05, 3.63) is 0 Å². The first kappa shape index (κ1) is 17.4. The molecule has 0 aromatic rings. The van der Waals surface area contributed by atoms with Gasteiger partial charge in [0.2, 0.25) is 5.91 Å². The average Bonchev–Trinajstić information content (AvgIpc) is 2.23. The van der Waals surface area contributed by atoms with Gasteiger partial charge in [-0.1, -0.05) is 34.6 Å². The van der Waals surface area contributed by atoms with Crippen LogP contribution in [0.3, 0.4) is 0 Å². The van der Waals surface area contributed by atoms with E-state index >= 15 is 0 Å². The number of carbonyl (C=O) groups excluding carboxylic acids is 1. The lowest BCUT2D eigenvalue weighted by Crippen LogP contribution is -2.38. The van der Waals surface area contributed by atoms with E-state index in [2.05, 4.69) is 39.9 Å². The Morgan fingerprint density at radius 1 is 1.33 bits per heavy atom. The molecule has 108 valence electrons. The predicted octanol–water partition coefficient (Wildman–Crippen LogP) is 1.79. The molecule has 0 heterocycles. The molecular weight excluding hydrogens is 228 g/mol. The maximum absolute atomic E-state index is 11.9. The second-order valence-corrected chi connectivity index (χ2v) is 6.46. The van der Waals surface area contributed by atoms with Crippen molar-refractivity contribution in [2.75, 3.05) is 26.3 Å². The molecule has 1 unspecified atom stereocenters. The molecule has 0 spiro atoms. The maximum atomic E-state index is 11.9. The van der Waals surface area contributed by atoms with Crippen LogP contribution in [0.5, 0.6) is 0 Å². The van der Waals surface area contributed by atoms with Gasteiger partial charge in [0.25, 0.3) is 0 Å². The Morgan fingerprint density at radius 2 is 1.94 bits per heavy atom. The minimum absolute atomic E-state index is 0.0422. The first-order valence-corrected chi connectivity index (χ1v) is 6.81. The molecule has 4 heteroatoms. The van der Waals surface area contributed by atoms with Gasteiger partial charge in [0.1, 0.15) is 0 Å². The van der Waals surface area contributed by atoms with Crippen LogP contribution >= 0.6 is 0 Å². The third kappa shape index (κ3) is 9.42. The standard InChI is InChI=1S/C14H30N2O2/c1-11(2)10-18-7-6-16-13(17)12(9-15)8-14(3,4)5/h11-12H,6-10,15H2,1-5H3,(H,16,17). The molecule has 0 rings (SSSR count). The Balaban J connectivity index is 3.84. The van der Waals surface area contributed by atoms with Crippen molar-refractivity contribution < 1.29 is 9.53 Å². The number of amides is 1. The topological polar surface area (TPSA) is 64.3 Å². The second-order valence-electron chi connectivity index (χ2n) is 6.46. The second kappa shape index (κ2) is 8.48. The van der Waals surface area contributed by atoms with E-state index in [-0.39, 0.29) is 17.2 Å². The SMILES string of the molecule is CC(C)COCCNC(=O)C(CN)CC(C)(C)C. The summed E-state index contributed by atoms with van der Waals surface area (Å²) >= 11 is 0. The summed E-state index contributed by atoms with van der Waals surface area (Å²) in [5.41, 5.74) is 5.78. The van der Waals surface area contributed by atoms with Crippen LogP contribution in [0.4, 0.5) is 0 Å². The molecule has 0 fully saturated rings. The molecule has 0 saturated carbocycles. The largest absolute Gasteiger partial charge is 0.379 e. The van der Waals surface area contributed by atoms with Crippen molar-refractivity contribution in [3.8, 4) is 0 Å². The summed E-state index contributed by atoms with van der Waals surface area (Å²) in [6.07, 6.45) is 0.808. The van der Waals surface area contributed by atoms with Gasteiger partial charge in [0.15, 0.2) is 0 Å². The summed E-state index contributed by atoms with van der Waals surface area (Å²) in [7, 11) is 0. The highest BCUT2D eigenvalue weighted by Crippen LogP contribution is 2.23. The van der Waals surface area contributed by atoms with E-state index in [9.17, 15) is 4.79 Å². The van der Waals surface area contributed by atoms with Crippen molar-refractivity contribution in [3.63, 3.8) is 0 Å². The molecule has 4 nitrogen and oxygen atoms in total. The van der Waals surface area contributed by atoms with Crippen LogP contribution in [0.15, 0.2) is 0 Å². The van der Waals surface area contributed by atoms with Crippen molar-refractivity contribution in [1.82, 2.24) is 5.32 Å². The minimum Gasteiger partial charge on any atom is -0.379 e. The van der Waals surface area contributed by atoms with Gasteiger partial charge in [0, 0.05) is 19.7 Å². The summed E-state index contributed by atoms with van der Waals surface area (Å²) in [6.45, 7) is 12.8. The van der Waals surface area contributed by atoms with Crippen LogP contribution in [0.2, 0.25) is 0 Å². The first-order chi connectivity index (χ1) is 8.26. The summed E-state index contributed by atoms with van der Waals surface area (Å²) in [6, 6.07) is 0. The van der Waals surface area contributed by atoms with Gasteiger partial charge in [-0.05, 0) is 17.8 Å². The summed E-state index contributed by atoms with van der Waals surface area (Å²) < 4.78 is 5.41. The Morgan fingerprint density at radius 3 is 2.39 bits per heavy atom. The number of hydrogen-bond donors (Lipinski definition) is 2. The molecule has 0 saturated heterocycles. The molecule has 1 atom stereocenters. The van der Waals surface area contributed by atoms with Gasteiger partial charge in [-0.3, -0.25) is 4.79 Å². The highest BCUT2D eigenvalue weighted by atomic mass is 16.5. The van der Waals surface area contributed by atoms with Gasteiger partial charge in [-0.15, -0.1) is 0 Å². The normalized spacial score (nSPS) is 13.7. The number of nitrogens with one attached hydrogen (secondary N) is 1. The molecule has 0 aliphatic carbocycles. The van der Waals surface area contributed by atoms with Crippen LogP contribution in [0.25, 0.3) is 0 Å². The number of carbonyl (C=O) groups is 1. The Hall–Kier alpha value is -0.610. The van der Waals surface area contributed by atoms with Crippen molar-refractivity contribution in [1.29, 1.82) is 0 Å². The molecule has 0 radical (unpaired) electrons. The Bertz CT molecular complexity index is 234. The summed E-state index contributed by atoms with van der Waals surface area (Å²) in [5, 5.41) is 2.89. The number of nitrogens with two attached hydrogens (primary N) is 1. The van der Waals surface area contributed by atoms with Gasteiger partial charge >= 0.3 is 0 Å². The van der Waals surface area contributed by atoms with Crippen molar-refractivity contribution >= 4 is 5.91 Å². The van der Waals surface area contributed by atoms with E-state index in [0.717, 1.165) is 13.0 Å². The highest BCUT2D eigenvalue weighted by Gasteiger charge is 2.23. The van der Waals surface area contributed by atoms with Gasteiger partial charge in [0.05, 0.1) is 12.5 Å². The Labute approximate surface area is 112 Å². The quantitative estimate of drug-likeness (QED) is 0.652.